The molecule has 0 amide bonds. The Balaban J connectivity index is 4.49. The minimum absolute atomic E-state index is 0.0525. The van der Waals surface area contributed by atoms with Crippen LogP contribution < -0.4 is 0 Å². The Kier molecular flexibility index (Phi) is 7.73. The van der Waals surface area contributed by atoms with Gasteiger partial charge in [-0.2, -0.15) is 0 Å². The molecule has 0 aliphatic rings. The fourth-order valence-electron chi connectivity index (χ4n) is 1.74. The third kappa shape index (κ3) is 4.69. The maximum absolute atomic E-state index is 12.0. The normalized spacial score (nSPS) is 12.6. The molecule has 1 N–H and O–H groups in total. The summed E-state index contributed by atoms with van der Waals surface area (Å²) < 4.78 is 15.7. The van der Waals surface area contributed by atoms with Gasteiger partial charge in [0.2, 0.25) is 0 Å². The molecule has 0 saturated carbocycles. The number of carbonyl (C=O) groups excluding carboxylic acids is 1. The molecule has 0 aliphatic heterocycles. The van der Waals surface area contributed by atoms with E-state index in [1.165, 1.54) is 0 Å². The molecule has 4 nitrogen and oxygen atoms in total. The van der Waals surface area contributed by atoms with E-state index < -0.39 is 13.9 Å². The minimum atomic E-state index is -2.72. The van der Waals surface area contributed by atoms with E-state index in [1.807, 2.05) is 0 Å². The van der Waals surface area contributed by atoms with Gasteiger partial charge in [0.15, 0.2) is 11.4 Å². The summed E-state index contributed by atoms with van der Waals surface area (Å²) in [5, 5.41) is 0. The summed E-state index contributed by atoms with van der Waals surface area (Å²) >= 11 is 0. The van der Waals surface area contributed by atoms with E-state index in [0.29, 0.717) is 19.3 Å². The Morgan fingerprint density at radius 1 is 1.25 bits per heavy atom. The number of carbonyl (C=O) groups is 1. The number of ketones is 1. The van der Waals surface area contributed by atoms with Crippen LogP contribution in [0.1, 0.15) is 59.3 Å². The molecule has 0 radical (unpaired) electrons. The first-order chi connectivity index (χ1) is 7.52. The summed E-state index contributed by atoms with van der Waals surface area (Å²) in [5.74, 6) is -0.0525. The Labute approximate surface area is 98.3 Å². The van der Waals surface area contributed by atoms with Crippen LogP contribution in [0.5, 0.6) is 0 Å². The largest absolute Gasteiger partial charge is 0.695 e. The summed E-state index contributed by atoms with van der Waals surface area (Å²) in [4.78, 5) is 20.8. The first kappa shape index (κ1) is 15.7. The highest BCUT2D eigenvalue weighted by molar-refractivity contribution is 7.32. The summed E-state index contributed by atoms with van der Waals surface area (Å²) in [7, 11) is -2.72. The quantitative estimate of drug-likeness (QED) is 0.502. The Bertz CT molecular complexity index is 236. The predicted molar refractivity (Wildman–Crippen MR) is 63.4 cm³/mol. The highest BCUT2D eigenvalue weighted by Gasteiger charge is 2.43. The Hall–Kier alpha value is -0.310. The molecule has 1 unspecified atom stereocenters. The maximum Gasteiger partial charge on any atom is 0.695 e. The van der Waals surface area contributed by atoms with Crippen LogP contribution in [0.15, 0.2) is 0 Å². The van der Waals surface area contributed by atoms with Crippen molar-refractivity contribution in [3.8, 4) is 0 Å². The zero-order valence-electron chi connectivity index (χ0n) is 10.4. The van der Waals surface area contributed by atoms with Gasteiger partial charge < -0.3 is 0 Å². The van der Waals surface area contributed by atoms with Crippen LogP contribution in [0.2, 0.25) is 0 Å². The minimum Gasteiger partial charge on any atom is -0.296 e. The lowest BCUT2D eigenvalue weighted by atomic mass is 9.89. The van der Waals surface area contributed by atoms with Gasteiger partial charge in [0, 0.05) is 11.0 Å². The van der Waals surface area contributed by atoms with Crippen molar-refractivity contribution in [3.63, 3.8) is 0 Å². The number of hydrogen-bond donors (Lipinski definition) is 1. The highest BCUT2D eigenvalue weighted by atomic mass is 31.1. The van der Waals surface area contributed by atoms with Gasteiger partial charge in [0.05, 0.1) is 0 Å². The molecule has 5 heteroatoms. The van der Waals surface area contributed by atoms with Gasteiger partial charge in [-0.15, -0.1) is 9.42 Å². The number of hydrogen-bond acceptors (Lipinski definition) is 3. The lowest BCUT2D eigenvalue weighted by Gasteiger charge is -2.22. The Morgan fingerprint density at radius 2 is 1.81 bits per heavy atom. The number of Topliss-reactive ketones (excluding diaryl/α,β-unsaturated/α-hetero) is 1. The summed E-state index contributed by atoms with van der Waals surface area (Å²) in [5.41, 5.74) is -1.06. The SMILES string of the molecule is CCCCCC(=O)C(CC)(CC)O[P+](=O)O. The third-order valence-corrected chi connectivity index (χ3v) is 3.42. The molecule has 0 saturated heterocycles. The lowest BCUT2D eigenvalue weighted by Crippen LogP contribution is -2.38. The van der Waals surface area contributed by atoms with Crippen LogP contribution in [-0.4, -0.2) is 16.3 Å². The zero-order valence-corrected chi connectivity index (χ0v) is 11.3. The van der Waals surface area contributed by atoms with E-state index in [1.54, 1.807) is 13.8 Å². The van der Waals surface area contributed by atoms with Crippen molar-refractivity contribution >= 4 is 14.0 Å². The second kappa shape index (κ2) is 7.88. The van der Waals surface area contributed by atoms with E-state index in [4.69, 9.17) is 9.42 Å². The summed E-state index contributed by atoms with van der Waals surface area (Å²) in [6.07, 6.45) is 4.18. The number of unbranched alkanes of at least 4 members (excludes halogenated alkanes) is 2. The van der Waals surface area contributed by atoms with Gasteiger partial charge in [-0.1, -0.05) is 33.6 Å². The lowest BCUT2D eigenvalue weighted by molar-refractivity contribution is -0.135. The van der Waals surface area contributed by atoms with E-state index in [2.05, 4.69) is 6.92 Å². The van der Waals surface area contributed by atoms with Crippen molar-refractivity contribution in [2.75, 3.05) is 0 Å². The molecular formula is C11H22O4P+. The van der Waals surface area contributed by atoms with Gasteiger partial charge in [0.25, 0.3) is 0 Å². The fraction of sp³-hybridized carbons (Fsp3) is 0.909. The van der Waals surface area contributed by atoms with E-state index in [-0.39, 0.29) is 5.78 Å². The van der Waals surface area contributed by atoms with Crippen molar-refractivity contribution in [3.05, 3.63) is 0 Å². The second-order valence-electron chi connectivity index (χ2n) is 3.91. The van der Waals surface area contributed by atoms with Gasteiger partial charge in [-0.3, -0.25) is 4.79 Å². The topological polar surface area (TPSA) is 63.6 Å². The van der Waals surface area contributed by atoms with Gasteiger partial charge in [0.1, 0.15) is 0 Å². The molecule has 1 atom stereocenters. The van der Waals surface area contributed by atoms with Crippen molar-refractivity contribution in [1.29, 1.82) is 0 Å². The molecule has 0 fully saturated rings. The molecule has 16 heavy (non-hydrogen) atoms. The van der Waals surface area contributed by atoms with Gasteiger partial charge in [-0.25, -0.2) is 0 Å². The van der Waals surface area contributed by atoms with Crippen LogP contribution >= 0.6 is 8.25 Å². The molecule has 0 heterocycles. The average Bonchev–Trinajstić information content (AvgIpc) is 2.25. The van der Waals surface area contributed by atoms with Crippen LogP contribution in [0, 0.1) is 0 Å². The monoisotopic (exact) mass is 249 g/mol. The molecule has 0 rings (SSSR count). The molecule has 94 valence electrons. The first-order valence-electron chi connectivity index (χ1n) is 5.91. The third-order valence-electron chi connectivity index (χ3n) is 2.91. The van der Waals surface area contributed by atoms with E-state index in [0.717, 1.165) is 19.3 Å². The van der Waals surface area contributed by atoms with E-state index in [9.17, 15) is 9.36 Å². The summed E-state index contributed by atoms with van der Waals surface area (Å²) in [6.45, 7) is 5.68. The molecule has 0 spiro atoms. The molecule has 0 aliphatic carbocycles. The molecular weight excluding hydrogens is 227 g/mol. The van der Waals surface area contributed by atoms with Crippen LogP contribution in [0.25, 0.3) is 0 Å². The fourth-order valence-corrected chi connectivity index (χ4v) is 2.40. The number of rotatable bonds is 9. The maximum atomic E-state index is 12.0. The van der Waals surface area contributed by atoms with Crippen molar-refractivity contribution < 1.29 is 18.8 Å². The highest BCUT2D eigenvalue weighted by Crippen LogP contribution is 2.33. The van der Waals surface area contributed by atoms with Gasteiger partial charge >= 0.3 is 8.25 Å². The molecule has 0 aromatic carbocycles. The van der Waals surface area contributed by atoms with Crippen molar-refractivity contribution in [2.45, 2.75) is 64.9 Å². The van der Waals surface area contributed by atoms with Crippen LogP contribution in [0.3, 0.4) is 0 Å². The van der Waals surface area contributed by atoms with Crippen LogP contribution in [0.4, 0.5) is 0 Å². The average molecular weight is 249 g/mol. The Morgan fingerprint density at radius 3 is 2.19 bits per heavy atom. The van der Waals surface area contributed by atoms with Gasteiger partial charge in [-0.05, 0) is 19.3 Å². The van der Waals surface area contributed by atoms with Crippen molar-refractivity contribution in [1.82, 2.24) is 0 Å². The van der Waals surface area contributed by atoms with Crippen LogP contribution in [-0.2, 0) is 13.9 Å². The van der Waals surface area contributed by atoms with Crippen molar-refractivity contribution in [2.24, 2.45) is 0 Å². The zero-order chi connectivity index (χ0) is 12.6. The second-order valence-corrected chi connectivity index (χ2v) is 4.57. The molecule has 0 aromatic rings. The summed E-state index contributed by atoms with van der Waals surface area (Å²) in [6, 6.07) is 0. The van der Waals surface area contributed by atoms with E-state index >= 15 is 0 Å². The predicted octanol–water partition coefficient (Wildman–Crippen LogP) is 3.36. The molecule has 0 bridgehead atoms. The first-order valence-corrected chi connectivity index (χ1v) is 7.04. The smallest absolute Gasteiger partial charge is 0.296 e. The standard InChI is InChI=1S/C11H21O4P/c1-4-7-8-9-10(12)11(5-2,6-3)15-16(13)14/h4-9H2,1-3H3/p+1. The molecule has 0 aromatic heterocycles.